The van der Waals surface area contributed by atoms with Crippen LogP contribution in [0.3, 0.4) is 0 Å². The van der Waals surface area contributed by atoms with E-state index >= 15 is 0 Å². The third kappa shape index (κ3) is 4.57. The lowest BCUT2D eigenvalue weighted by molar-refractivity contribution is 0.185. The molecule has 0 atom stereocenters. The number of pyridine rings is 1. The molecule has 3 N–H and O–H groups in total. The van der Waals surface area contributed by atoms with Gasteiger partial charge in [-0.15, -0.1) is 0 Å². The van der Waals surface area contributed by atoms with Gasteiger partial charge in [0, 0.05) is 24.1 Å². The highest BCUT2D eigenvalue weighted by Gasteiger charge is 2.02. The van der Waals surface area contributed by atoms with Crippen molar-refractivity contribution in [3.05, 3.63) is 59.4 Å². The summed E-state index contributed by atoms with van der Waals surface area (Å²) < 4.78 is 5.16. The maximum Gasteiger partial charge on any atom is 0.193 e. The first-order chi connectivity index (χ1) is 10.2. The van der Waals surface area contributed by atoms with Gasteiger partial charge in [-0.2, -0.15) is 0 Å². The highest BCUT2D eigenvalue weighted by atomic mass is 16.5. The smallest absolute Gasteiger partial charge is 0.193 e. The molecule has 2 aromatic rings. The van der Waals surface area contributed by atoms with Crippen LogP contribution < -0.4 is 11.1 Å². The highest BCUT2D eigenvalue weighted by molar-refractivity contribution is 5.92. The number of aromatic nitrogens is 1. The summed E-state index contributed by atoms with van der Waals surface area (Å²) in [6.07, 6.45) is 0. The number of benzene rings is 1. The van der Waals surface area contributed by atoms with Gasteiger partial charge in [0.15, 0.2) is 5.96 Å². The Bertz CT molecular complexity index is 625. The lowest BCUT2D eigenvalue weighted by Crippen LogP contribution is -2.23. The molecular weight excluding hydrogens is 264 g/mol. The zero-order valence-electron chi connectivity index (χ0n) is 12.3. The van der Waals surface area contributed by atoms with Crippen LogP contribution in [-0.2, 0) is 17.9 Å². The lowest BCUT2D eigenvalue weighted by Gasteiger charge is -2.10. The van der Waals surface area contributed by atoms with Crippen LogP contribution in [-0.4, -0.2) is 18.1 Å². The van der Waals surface area contributed by atoms with Crippen molar-refractivity contribution in [1.29, 1.82) is 0 Å². The number of nitrogens with one attached hydrogen (secondary N) is 1. The Balaban J connectivity index is 2.04. The second-order valence-electron chi connectivity index (χ2n) is 4.69. The average molecular weight is 284 g/mol. The minimum Gasteiger partial charge on any atom is -0.380 e. The highest BCUT2D eigenvalue weighted by Crippen LogP contribution is 2.15. The van der Waals surface area contributed by atoms with Crippen LogP contribution in [0.1, 0.15) is 17.0 Å². The van der Waals surface area contributed by atoms with E-state index in [-0.39, 0.29) is 0 Å². The van der Waals surface area contributed by atoms with Crippen LogP contribution in [0.15, 0.2) is 47.5 Å². The van der Waals surface area contributed by atoms with Crippen LogP contribution in [0.2, 0.25) is 0 Å². The number of anilines is 1. The molecule has 1 aromatic heterocycles. The molecule has 0 aliphatic carbocycles. The van der Waals surface area contributed by atoms with Crippen molar-refractivity contribution in [2.24, 2.45) is 10.7 Å². The maximum atomic E-state index is 5.93. The number of rotatable bonds is 5. The number of hydrogen-bond donors (Lipinski definition) is 2. The average Bonchev–Trinajstić information content (AvgIpc) is 2.48. The zero-order valence-corrected chi connectivity index (χ0v) is 12.3. The summed E-state index contributed by atoms with van der Waals surface area (Å²) in [6.45, 7) is 2.93. The molecule has 0 fully saturated rings. The van der Waals surface area contributed by atoms with Gasteiger partial charge in [-0.1, -0.05) is 24.3 Å². The Labute approximate surface area is 124 Å². The molecule has 5 heteroatoms. The number of guanidine groups is 1. The van der Waals surface area contributed by atoms with E-state index in [4.69, 9.17) is 10.5 Å². The maximum absolute atomic E-state index is 5.93. The van der Waals surface area contributed by atoms with Gasteiger partial charge in [0.25, 0.3) is 0 Å². The molecule has 2 rings (SSSR count). The minimum atomic E-state index is 0.363. The lowest BCUT2D eigenvalue weighted by atomic mass is 10.2. The minimum absolute atomic E-state index is 0.363. The van der Waals surface area contributed by atoms with E-state index in [9.17, 15) is 0 Å². The Morgan fingerprint density at radius 2 is 2.05 bits per heavy atom. The van der Waals surface area contributed by atoms with E-state index in [2.05, 4.69) is 15.3 Å². The quantitative estimate of drug-likeness (QED) is 0.653. The van der Waals surface area contributed by atoms with Crippen molar-refractivity contribution >= 4 is 11.6 Å². The van der Waals surface area contributed by atoms with E-state index in [0.29, 0.717) is 19.1 Å². The predicted molar refractivity (Wildman–Crippen MR) is 85.1 cm³/mol. The Morgan fingerprint density at radius 3 is 2.81 bits per heavy atom. The molecule has 0 saturated carbocycles. The number of ether oxygens (including phenoxy) is 1. The van der Waals surface area contributed by atoms with Crippen molar-refractivity contribution in [3.8, 4) is 0 Å². The van der Waals surface area contributed by atoms with Gasteiger partial charge in [0.1, 0.15) is 0 Å². The number of methoxy groups -OCH3 is 1. The second kappa shape index (κ2) is 7.40. The molecule has 1 aromatic carbocycles. The van der Waals surface area contributed by atoms with Crippen LogP contribution in [0.4, 0.5) is 5.69 Å². The van der Waals surface area contributed by atoms with Crippen molar-refractivity contribution < 1.29 is 4.74 Å². The van der Waals surface area contributed by atoms with E-state index in [0.717, 1.165) is 22.6 Å². The number of hydrogen-bond acceptors (Lipinski definition) is 3. The molecule has 1 heterocycles. The molecule has 0 radical (unpaired) electrons. The number of aryl methyl sites for hydroxylation is 1. The van der Waals surface area contributed by atoms with E-state index in [1.807, 2.05) is 49.4 Å². The fourth-order valence-corrected chi connectivity index (χ4v) is 1.95. The first-order valence-electron chi connectivity index (χ1n) is 6.75. The molecule has 0 spiro atoms. The van der Waals surface area contributed by atoms with E-state index in [1.54, 1.807) is 7.11 Å². The topological polar surface area (TPSA) is 72.5 Å². The molecular formula is C16H20N4O. The largest absolute Gasteiger partial charge is 0.380 e. The van der Waals surface area contributed by atoms with Crippen molar-refractivity contribution in [2.45, 2.75) is 20.1 Å². The van der Waals surface area contributed by atoms with Gasteiger partial charge in [-0.05, 0) is 25.1 Å². The molecule has 0 aliphatic heterocycles. The van der Waals surface area contributed by atoms with Crippen LogP contribution >= 0.6 is 0 Å². The summed E-state index contributed by atoms with van der Waals surface area (Å²) in [7, 11) is 1.66. The van der Waals surface area contributed by atoms with Gasteiger partial charge in [0.05, 0.1) is 18.8 Å². The van der Waals surface area contributed by atoms with Crippen molar-refractivity contribution in [2.75, 3.05) is 12.4 Å². The summed E-state index contributed by atoms with van der Waals surface area (Å²) in [4.78, 5) is 8.70. The van der Waals surface area contributed by atoms with Gasteiger partial charge in [-0.3, -0.25) is 4.98 Å². The monoisotopic (exact) mass is 284 g/mol. The molecule has 21 heavy (non-hydrogen) atoms. The molecule has 110 valence electrons. The molecule has 0 aliphatic rings. The predicted octanol–water partition coefficient (Wildman–Crippen LogP) is 2.46. The van der Waals surface area contributed by atoms with Gasteiger partial charge in [0.2, 0.25) is 0 Å². The van der Waals surface area contributed by atoms with Crippen LogP contribution in [0.25, 0.3) is 0 Å². The standard InChI is InChI=1S/C16H20N4O/c1-12-6-5-8-14(19-12)10-18-16(17)20-15-9-4-3-7-13(15)11-21-2/h3-9H,10-11H2,1-2H3,(H3,17,18,20). The molecule has 0 saturated heterocycles. The summed E-state index contributed by atoms with van der Waals surface area (Å²) in [6, 6.07) is 13.7. The molecule has 0 bridgehead atoms. The summed E-state index contributed by atoms with van der Waals surface area (Å²) in [5.74, 6) is 0.363. The molecule has 0 amide bonds. The first-order valence-corrected chi connectivity index (χ1v) is 6.75. The number of nitrogens with two attached hydrogens (primary N) is 1. The third-order valence-corrected chi connectivity index (χ3v) is 2.94. The van der Waals surface area contributed by atoms with Gasteiger partial charge in [-0.25, -0.2) is 4.99 Å². The fraction of sp³-hybridized carbons (Fsp3) is 0.250. The normalized spacial score (nSPS) is 11.4. The SMILES string of the molecule is COCc1ccccc1NC(N)=NCc1cccc(C)n1. The molecule has 5 nitrogen and oxygen atoms in total. The molecule has 0 unspecified atom stereocenters. The van der Waals surface area contributed by atoms with Crippen molar-refractivity contribution in [3.63, 3.8) is 0 Å². The zero-order chi connectivity index (χ0) is 15.1. The van der Waals surface area contributed by atoms with Gasteiger partial charge >= 0.3 is 0 Å². The summed E-state index contributed by atoms with van der Waals surface area (Å²) in [5, 5.41) is 3.10. The van der Waals surface area contributed by atoms with Crippen LogP contribution in [0.5, 0.6) is 0 Å². The first kappa shape index (κ1) is 15.0. The van der Waals surface area contributed by atoms with E-state index < -0.39 is 0 Å². The van der Waals surface area contributed by atoms with E-state index in [1.165, 1.54) is 0 Å². The Hall–Kier alpha value is -2.40. The fourth-order valence-electron chi connectivity index (χ4n) is 1.95. The van der Waals surface area contributed by atoms with Crippen molar-refractivity contribution in [1.82, 2.24) is 4.98 Å². The Kier molecular flexibility index (Phi) is 5.29. The second-order valence-corrected chi connectivity index (χ2v) is 4.69. The number of aliphatic imine (C=N–C) groups is 1. The van der Waals surface area contributed by atoms with Gasteiger partial charge < -0.3 is 15.8 Å². The summed E-state index contributed by atoms with van der Waals surface area (Å²) in [5.41, 5.74) is 9.73. The van der Waals surface area contributed by atoms with Crippen LogP contribution in [0, 0.1) is 6.92 Å². The Morgan fingerprint density at radius 1 is 1.24 bits per heavy atom. The third-order valence-electron chi connectivity index (χ3n) is 2.94. The number of nitrogens with zero attached hydrogens (tertiary/aromatic N) is 2. The summed E-state index contributed by atoms with van der Waals surface area (Å²) >= 11 is 0. The number of para-hydroxylation sites is 1.